The molecule has 0 radical (unpaired) electrons. The molecule has 1 aromatic rings. The summed E-state index contributed by atoms with van der Waals surface area (Å²) in [7, 11) is 0. The molecule has 0 aromatic heterocycles. The Kier molecular flexibility index (Phi) is 4.49. The van der Waals surface area contributed by atoms with Crippen LogP contribution in [0.4, 0.5) is 10.1 Å². The third-order valence-electron chi connectivity index (χ3n) is 2.48. The van der Waals surface area contributed by atoms with Crippen molar-refractivity contribution in [3.05, 3.63) is 29.6 Å². The highest BCUT2D eigenvalue weighted by molar-refractivity contribution is 5.95. The largest absolute Gasteiger partial charge is 0.399 e. The summed E-state index contributed by atoms with van der Waals surface area (Å²) in [5.41, 5.74) is 6.02. The van der Waals surface area contributed by atoms with E-state index >= 15 is 0 Å². The summed E-state index contributed by atoms with van der Waals surface area (Å²) in [5, 5.41) is 0. The first-order valence-electron chi connectivity index (χ1n) is 5.80. The Hall–Kier alpha value is -1.58. The van der Waals surface area contributed by atoms with E-state index in [9.17, 15) is 9.18 Å². The predicted molar refractivity (Wildman–Crippen MR) is 67.2 cm³/mol. The summed E-state index contributed by atoms with van der Waals surface area (Å²) in [6, 6.07) is 4.07. The maximum Gasteiger partial charge on any atom is 0.256 e. The van der Waals surface area contributed by atoms with Crippen LogP contribution in [0.25, 0.3) is 0 Å². The minimum absolute atomic E-state index is 0.0486. The Morgan fingerprint density at radius 2 is 2.12 bits per heavy atom. The van der Waals surface area contributed by atoms with Gasteiger partial charge in [0, 0.05) is 18.8 Å². The van der Waals surface area contributed by atoms with E-state index in [0.29, 0.717) is 24.7 Å². The monoisotopic (exact) mass is 238 g/mol. The number of rotatable bonds is 4. The van der Waals surface area contributed by atoms with E-state index < -0.39 is 5.82 Å². The Bertz CT molecular complexity index is 404. The fraction of sp³-hybridized carbons (Fsp3) is 0.462. The van der Waals surface area contributed by atoms with E-state index in [0.717, 1.165) is 0 Å². The molecular formula is C13H19FN2O. The number of carbonyl (C=O) groups is 1. The molecule has 0 atom stereocenters. The van der Waals surface area contributed by atoms with Gasteiger partial charge in [0.05, 0.1) is 5.56 Å². The van der Waals surface area contributed by atoms with Crippen molar-refractivity contribution in [2.45, 2.75) is 20.8 Å². The van der Waals surface area contributed by atoms with Gasteiger partial charge in [-0.05, 0) is 31.0 Å². The number of hydrogen-bond donors (Lipinski definition) is 1. The van der Waals surface area contributed by atoms with Gasteiger partial charge in [0.1, 0.15) is 5.82 Å². The van der Waals surface area contributed by atoms with Crippen LogP contribution >= 0.6 is 0 Å². The smallest absolute Gasteiger partial charge is 0.256 e. The summed E-state index contributed by atoms with van der Waals surface area (Å²) in [4.78, 5) is 13.7. The molecule has 2 N–H and O–H groups in total. The predicted octanol–water partition coefficient (Wildman–Crippen LogP) is 2.53. The van der Waals surface area contributed by atoms with Crippen molar-refractivity contribution in [2.24, 2.45) is 5.92 Å². The zero-order valence-corrected chi connectivity index (χ0v) is 10.5. The van der Waals surface area contributed by atoms with Crippen LogP contribution in [0.1, 0.15) is 31.1 Å². The number of halogens is 1. The minimum Gasteiger partial charge on any atom is -0.399 e. The van der Waals surface area contributed by atoms with E-state index in [4.69, 9.17) is 5.73 Å². The third kappa shape index (κ3) is 3.44. The second-order valence-electron chi connectivity index (χ2n) is 4.48. The molecule has 1 aromatic carbocycles. The van der Waals surface area contributed by atoms with Crippen molar-refractivity contribution in [3.63, 3.8) is 0 Å². The molecule has 0 aliphatic carbocycles. The first-order chi connectivity index (χ1) is 7.95. The van der Waals surface area contributed by atoms with Gasteiger partial charge in [0.2, 0.25) is 0 Å². The van der Waals surface area contributed by atoms with Crippen LogP contribution < -0.4 is 5.73 Å². The number of hydrogen-bond acceptors (Lipinski definition) is 2. The standard InChI is InChI=1S/C13H19FN2O/c1-4-16(8-9(2)3)13(17)11-7-10(15)5-6-12(11)14/h5-7,9H,4,8,15H2,1-3H3. The first kappa shape index (κ1) is 13.5. The maximum absolute atomic E-state index is 13.6. The SMILES string of the molecule is CCN(CC(C)C)C(=O)c1cc(N)ccc1F. The van der Waals surface area contributed by atoms with Crippen LogP contribution in [0.2, 0.25) is 0 Å². The molecular weight excluding hydrogens is 219 g/mol. The van der Waals surface area contributed by atoms with E-state index in [-0.39, 0.29) is 11.5 Å². The second-order valence-corrected chi connectivity index (χ2v) is 4.48. The molecule has 17 heavy (non-hydrogen) atoms. The van der Waals surface area contributed by atoms with E-state index in [1.807, 2.05) is 20.8 Å². The van der Waals surface area contributed by atoms with E-state index in [2.05, 4.69) is 0 Å². The average molecular weight is 238 g/mol. The van der Waals surface area contributed by atoms with Crippen molar-refractivity contribution in [2.75, 3.05) is 18.8 Å². The summed E-state index contributed by atoms with van der Waals surface area (Å²) in [6.45, 7) is 7.09. The quantitative estimate of drug-likeness (QED) is 0.819. The van der Waals surface area contributed by atoms with Gasteiger partial charge in [0.15, 0.2) is 0 Å². The molecule has 0 fully saturated rings. The molecule has 1 amide bonds. The average Bonchev–Trinajstić information content (AvgIpc) is 2.28. The van der Waals surface area contributed by atoms with Crippen molar-refractivity contribution < 1.29 is 9.18 Å². The lowest BCUT2D eigenvalue weighted by Crippen LogP contribution is -2.34. The number of carbonyl (C=O) groups excluding carboxylic acids is 1. The molecule has 1 rings (SSSR count). The summed E-state index contributed by atoms with van der Waals surface area (Å²) in [5.74, 6) is -0.472. The van der Waals surface area contributed by atoms with E-state index in [1.54, 1.807) is 4.90 Å². The fourth-order valence-electron chi connectivity index (χ4n) is 1.67. The Labute approximate surface area is 101 Å². The summed E-state index contributed by atoms with van der Waals surface area (Å²) in [6.07, 6.45) is 0. The number of amides is 1. The van der Waals surface area contributed by atoms with Crippen molar-refractivity contribution in [1.29, 1.82) is 0 Å². The lowest BCUT2D eigenvalue weighted by molar-refractivity contribution is 0.0741. The highest BCUT2D eigenvalue weighted by Crippen LogP contribution is 2.15. The Morgan fingerprint density at radius 3 is 2.65 bits per heavy atom. The molecule has 0 spiro atoms. The molecule has 0 aliphatic heterocycles. The molecule has 0 aliphatic rings. The Morgan fingerprint density at radius 1 is 1.47 bits per heavy atom. The molecule has 0 unspecified atom stereocenters. The minimum atomic E-state index is -0.522. The van der Waals surface area contributed by atoms with Gasteiger partial charge in [-0.2, -0.15) is 0 Å². The Balaban J connectivity index is 2.97. The van der Waals surface area contributed by atoms with Gasteiger partial charge in [-0.25, -0.2) is 4.39 Å². The zero-order chi connectivity index (χ0) is 13.0. The summed E-state index contributed by atoms with van der Waals surface area (Å²) < 4.78 is 13.6. The third-order valence-corrected chi connectivity index (χ3v) is 2.48. The normalized spacial score (nSPS) is 10.6. The molecule has 0 bridgehead atoms. The van der Waals surface area contributed by atoms with E-state index in [1.165, 1.54) is 18.2 Å². The maximum atomic E-state index is 13.6. The molecule has 0 saturated carbocycles. The molecule has 94 valence electrons. The van der Waals surface area contributed by atoms with Crippen LogP contribution in [0.15, 0.2) is 18.2 Å². The number of nitrogens with two attached hydrogens (primary N) is 1. The number of nitrogen functional groups attached to an aromatic ring is 1. The lowest BCUT2D eigenvalue weighted by Gasteiger charge is -2.23. The van der Waals surface area contributed by atoms with Crippen LogP contribution in [-0.2, 0) is 0 Å². The van der Waals surface area contributed by atoms with Crippen molar-refractivity contribution >= 4 is 11.6 Å². The zero-order valence-electron chi connectivity index (χ0n) is 10.5. The summed E-state index contributed by atoms with van der Waals surface area (Å²) >= 11 is 0. The van der Waals surface area contributed by atoms with Crippen LogP contribution in [0.3, 0.4) is 0 Å². The molecule has 4 heteroatoms. The number of benzene rings is 1. The van der Waals surface area contributed by atoms with Crippen LogP contribution in [-0.4, -0.2) is 23.9 Å². The molecule has 0 heterocycles. The fourth-order valence-corrected chi connectivity index (χ4v) is 1.67. The van der Waals surface area contributed by atoms with Gasteiger partial charge in [-0.15, -0.1) is 0 Å². The van der Waals surface area contributed by atoms with Gasteiger partial charge in [-0.1, -0.05) is 13.8 Å². The van der Waals surface area contributed by atoms with Gasteiger partial charge >= 0.3 is 0 Å². The highest BCUT2D eigenvalue weighted by Gasteiger charge is 2.18. The van der Waals surface area contributed by atoms with Gasteiger partial charge in [-0.3, -0.25) is 4.79 Å². The van der Waals surface area contributed by atoms with Crippen LogP contribution in [0, 0.1) is 11.7 Å². The van der Waals surface area contributed by atoms with Gasteiger partial charge in [0.25, 0.3) is 5.91 Å². The number of anilines is 1. The lowest BCUT2D eigenvalue weighted by atomic mass is 10.1. The number of nitrogens with zero attached hydrogens (tertiary/aromatic N) is 1. The second kappa shape index (κ2) is 5.66. The topological polar surface area (TPSA) is 46.3 Å². The molecule has 0 saturated heterocycles. The van der Waals surface area contributed by atoms with Gasteiger partial charge < -0.3 is 10.6 Å². The molecule has 3 nitrogen and oxygen atoms in total. The van der Waals surface area contributed by atoms with Crippen LogP contribution in [0.5, 0.6) is 0 Å². The van der Waals surface area contributed by atoms with Crippen molar-refractivity contribution in [3.8, 4) is 0 Å². The van der Waals surface area contributed by atoms with Crippen molar-refractivity contribution in [1.82, 2.24) is 4.90 Å². The highest BCUT2D eigenvalue weighted by atomic mass is 19.1. The first-order valence-corrected chi connectivity index (χ1v) is 5.80.